The molecule has 1 aliphatic heterocycles. The van der Waals surface area contributed by atoms with Gasteiger partial charge in [0.15, 0.2) is 0 Å². The van der Waals surface area contributed by atoms with Crippen LogP contribution in [0.3, 0.4) is 0 Å². The molecule has 6 nitrogen and oxygen atoms in total. The number of benzene rings is 2. The van der Waals surface area contributed by atoms with E-state index >= 15 is 0 Å². The van der Waals surface area contributed by atoms with Crippen LogP contribution in [-0.4, -0.2) is 38.8 Å². The highest BCUT2D eigenvalue weighted by atomic mass is 32.2. The van der Waals surface area contributed by atoms with E-state index in [2.05, 4.69) is 19.2 Å². The number of sulfonamides is 1. The number of rotatable bonds is 8. The van der Waals surface area contributed by atoms with E-state index in [-0.39, 0.29) is 17.9 Å². The highest BCUT2D eigenvalue weighted by molar-refractivity contribution is 7.89. The van der Waals surface area contributed by atoms with Gasteiger partial charge < -0.3 is 10.1 Å². The zero-order valence-electron chi connectivity index (χ0n) is 19.7. The second-order valence-corrected chi connectivity index (χ2v) is 11.4. The third kappa shape index (κ3) is 5.41. The van der Waals surface area contributed by atoms with Crippen molar-refractivity contribution in [3.8, 4) is 5.75 Å². The Balaban J connectivity index is 1.37. The number of piperidine rings is 1. The molecule has 2 aromatic rings. The third-order valence-electron chi connectivity index (χ3n) is 6.88. The van der Waals surface area contributed by atoms with Gasteiger partial charge in [-0.2, -0.15) is 4.31 Å². The molecular formula is C26H34N2O4S. The van der Waals surface area contributed by atoms with E-state index in [1.54, 1.807) is 19.2 Å². The molecular weight excluding hydrogens is 436 g/mol. The zero-order chi connectivity index (χ0) is 23.6. The van der Waals surface area contributed by atoms with E-state index in [4.69, 9.17) is 4.74 Å². The van der Waals surface area contributed by atoms with Crippen molar-refractivity contribution < 1.29 is 17.9 Å². The maximum atomic E-state index is 13.1. The summed E-state index contributed by atoms with van der Waals surface area (Å²) in [4.78, 5) is 13.4. The molecule has 1 saturated carbocycles. The summed E-state index contributed by atoms with van der Waals surface area (Å²) >= 11 is 0. The molecule has 2 fully saturated rings. The normalized spacial score (nSPS) is 18.8. The number of amides is 1. The minimum absolute atomic E-state index is 0.00430. The molecule has 1 heterocycles. The SMILES string of the molecule is COc1ccc(C(NC(=O)C2CCN(S(=O)(=O)c3ccc(C(C)C)cc3)CC2)C2CC2)cc1. The lowest BCUT2D eigenvalue weighted by Crippen LogP contribution is -2.43. The number of carbonyl (C=O) groups is 1. The van der Waals surface area contributed by atoms with Crippen LogP contribution >= 0.6 is 0 Å². The van der Waals surface area contributed by atoms with Gasteiger partial charge in [-0.15, -0.1) is 0 Å². The highest BCUT2D eigenvalue weighted by Crippen LogP contribution is 2.41. The molecule has 178 valence electrons. The molecule has 0 spiro atoms. The van der Waals surface area contributed by atoms with E-state index in [0.717, 1.165) is 29.7 Å². The Hall–Kier alpha value is -2.38. The van der Waals surface area contributed by atoms with Crippen molar-refractivity contribution in [2.45, 2.75) is 56.4 Å². The van der Waals surface area contributed by atoms with Crippen molar-refractivity contribution in [2.75, 3.05) is 20.2 Å². The second kappa shape index (κ2) is 9.85. The van der Waals surface area contributed by atoms with Crippen LogP contribution in [0.4, 0.5) is 0 Å². The molecule has 2 aromatic carbocycles. The van der Waals surface area contributed by atoms with Gasteiger partial charge in [-0.1, -0.05) is 38.1 Å². The van der Waals surface area contributed by atoms with Crippen LogP contribution < -0.4 is 10.1 Å². The predicted molar refractivity (Wildman–Crippen MR) is 129 cm³/mol. The molecule has 0 aromatic heterocycles. The van der Waals surface area contributed by atoms with Gasteiger partial charge in [0.2, 0.25) is 15.9 Å². The van der Waals surface area contributed by atoms with E-state index in [1.165, 1.54) is 4.31 Å². The summed E-state index contributed by atoms with van der Waals surface area (Å²) in [7, 11) is -1.90. The molecule has 1 aliphatic carbocycles. The minimum atomic E-state index is -3.54. The van der Waals surface area contributed by atoms with Gasteiger partial charge in [-0.25, -0.2) is 8.42 Å². The van der Waals surface area contributed by atoms with Crippen molar-refractivity contribution in [3.63, 3.8) is 0 Å². The molecule has 7 heteroatoms. The van der Waals surface area contributed by atoms with Gasteiger partial charge >= 0.3 is 0 Å². The quantitative estimate of drug-likeness (QED) is 0.617. The zero-order valence-corrected chi connectivity index (χ0v) is 20.5. The Morgan fingerprint density at radius 2 is 1.52 bits per heavy atom. The van der Waals surface area contributed by atoms with Crippen LogP contribution in [0.25, 0.3) is 0 Å². The fourth-order valence-electron chi connectivity index (χ4n) is 4.52. The number of nitrogens with zero attached hydrogens (tertiary/aromatic N) is 1. The van der Waals surface area contributed by atoms with E-state index in [0.29, 0.717) is 42.7 Å². The van der Waals surface area contributed by atoms with Gasteiger partial charge in [0.05, 0.1) is 18.0 Å². The first-order valence-corrected chi connectivity index (χ1v) is 13.3. The van der Waals surface area contributed by atoms with E-state index in [1.807, 2.05) is 36.4 Å². The van der Waals surface area contributed by atoms with Gasteiger partial charge in [0.25, 0.3) is 0 Å². The lowest BCUT2D eigenvalue weighted by Gasteiger charge is -2.31. The van der Waals surface area contributed by atoms with Gasteiger partial charge in [-0.3, -0.25) is 4.79 Å². The Bertz CT molecular complexity index is 1050. The van der Waals surface area contributed by atoms with Crippen LogP contribution in [0.15, 0.2) is 53.4 Å². The van der Waals surface area contributed by atoms with Crippen molar-refractivity contribution in [1.82, 2.24) is 9.62 Å². The summed E-state index contributed by atoms with van der Waals surface area (Å²) in [5.74, 6) is 1.48. The first-order chi connectivity index (χ1) is 15.8. The number of ether oxygens (including phenoxy) is 1. The van der Waals surface area contributed by atoms with Gasteiger partial charge in [0.1, 0.15) is 5.75 Å². The van der Waals surface area contributed by atoms with Crippen LogP contribution in [-0.2, 0) is 14.8 Å². The molecule has 0 radical (unpaired) electrons. The van der Waals surface area contributed by atoms with Crippen LogP contribution in [0.2, 0.25) is 0 Å². The lowest BCUT2D eigenvalue weighted by molar-refractivity contribution is -0.127. The summed E-state index contributed by atoms with van der Waals surface area (Å²) in [5.41, 5.74) is 2.21. The predicted octanol–water partition coefficient (Wildman–Crippen LogP) is 4.49. The van der Waals surface area contributed by atoms with E-state index in [9.17, 15) is 13.2 Å². The Kier molecular flexibility index (Phi) is 7.10. The maximum absolute atomic E-state index is 13.1. The second-order valence-electron chi connectivity index (χ2n) is 9.50. The van der Waals surface area contributed by atoms with Crippen molar-refractivity contribution in [2.24, 2.45) is 11.8 Å². The summed E-state index contributed by atoms with van der Waals surface area (Å²) in [6.07, 6.45) is 3.30. The average molecular weight is 471 g/mol. The number of hydrogen-bond acceptors (Lipinski definition) is 4. The third-order valence-corrected chi connectivity index (χ3v) is 8.79. The molecule has 1 unspecified atom stereocenters. The fourth-order valence-corrected chi connectivity index (χ4v) is 5.99. The summed E-state index contributed by atoms with van der Waals surface area (Å²) < 4.78 is 32.9. The molecule has 1 saturated heterocycles. The van der Waals surface area contributed by atoms with Gasteiger partial charge in [-0.05, 0) is 72.9 Å². The highest BCUT2D eigenvalue weighted by Gasteiger charge is 2.37. The monoisotopic (exact) mass is 470 g/mol. The fraction of sp³-hybridized carbons (Fsp3) is 0.500. The smallest absolute Gasteiger partial charge is 0.243 e. The molecule has 4 rings (SSSR count). The molecule has 1 N–H and O–H groups in total. The Morgan fingerprint density at radius 3 is 2.03 bits per heavy atom. The number of methoxy groups -OCH3 is 1. The van der Waals surface area contributed by atoms with Crippen LogP contribution in [0, 0.1) is 11.8 Å². The van der Waals surface area contributed by atoms with E-state index < -0.39 is 10.0 Å². The molecule has 1 atom stereocenters. The number of carbonyl (C=O) groups excluding carboxylic acids is 1. The lowest BCUT2D eigenvalue weighted by atomic mass is 9.95. The molecule has 33 heavy (non-hydrogen) atoms. The van der Waals surface area contributed by atoms with Crippen LogP contribution in [0.1, 0.15) is 62.6 Å². The number of nitrogens with one attached hydrogen (secondary N) is 1. The Labute approximate surface area is 197 Å². The summed E-state index contributed by atoms with van der Waals surface area (Å²) in [5, 5.41) is 3.26. The van der Waals surface area contributed by atoms with Crippen molar-refractivity contribution in [3.05, 3.63) is 59.7 Å². The molecule has 2 aliphatic rings. The number of hydrogen-bond donors (Lipinski definition) is 1. The standard InChI is InChI=1S/C26H34N2O4S/c1-18(2)19-8-12-24(13-9-19)33(30,31)28-16-14-22(15-17-28)26(29)27-25(20-4-5-20)21-6-10-23(32-3)11-7-21/h6-13,18,20,22,25H,4-5,14-17H2,1-3H3,(H,27,29). The Morgan fingerprint density at radius 1 is 0.939 bits per heavy atom. The van der Waals surface area contributed by atoms with Crippen LogP contribution in [0.5, 0.6) is 5.75 Å². The molecule has 0 bridgehead atoms. The van der Waals surface area contributed by atoms with Crippen molar-refractivity contribution >= 4 is 15.9 Å². The summed E-state index contributed by atoms with van der Waals surface area (Å²) in [6.45, 7) is 4.90. The maximum Gasteiger partial charge on any atom is 0.243 e. The molecule has 1 amide bonds. The first-order valence-electron chi connectivity index (χ1n) is 11.8. The van der Waals surface area contributed by atoms with Crippen molar-refractivity contribution in [1.29, 1.82) is 0 Å². The topological polar surface area (TPSA) is 75.7 Å². The largest absolute Gasteiger partial charge is 0.497 e. The minimum Gasteiger partial charge on any atom is -0.497 e. The van der Waals surface area contributed by atoms with Gasteiger partial charge in [0, 0.05) is 19.0 Å². The summed E-state index contributed by atoms with van der Waals surface area (Å²) in [6, 6.07) is 15.0. The average Bonchev–Trinajstić information content (AvgIpc) is 3.68. The first kappa shape index (κ1) is 23.8.